The summed E-state index contributed by atoms with van der Waals surface area (Å²) >= 11 is 0. The Hall–Kier alpha value is -3.06. The molecule has 0 aromatic heterocycles. The maximum atomic E-state index is 12.2. The Balaban J connectivity index is 1.40. The third-order valence-electron chi connectivity index (χ3n) is 5.27. The van der Waals surface area contributed by atoms with Gasteiger partial charge in [0, 0.05) is 50.1 Å². The van der Waals surface area contributed by atoms with Gasteiger partial charge in [-0.15, -0.1) is 0 Å². The van der Waals surface area contributed by atoms with Crippen LogP contribution in [0.4, 0.5) is 16.2 Å². The lowest BCUT2D eigenvalue weighted by atomic mass is 10.2. The standard InChI is InChI=1S/C23H30N4O3/c1-3-30-22(28)19-9-11-20(12-10-19)25-23(29)24-17-18(2)26-13-15-27(16-14-26)21-7-5-4-6-8-21/h4-12,18H,3,13-17H2,1-2H3,(H2,24,25,29). The van der Waals surface area contributed by atoms with Crippen molar-refractivity contribution in [2.45, 2.75) is 19.9 Å². The van der Waals surface area contributed by atoms with Crippen molar-refractivity contribution < 1.29 is 14.3 Å². The first-order chi connectivity index (χ1) is 14.6. The van der Waals surface area contributed by atoms with Gasteiger partial charge in [0.2, 0.25) is 0 Å². The number of para-hydroxylation sites is 1. The summed E-state index contributed by atoms with van der Waals surface area (Å²) in [5.41, 5.74) is 2.35. The van der Waals surface area contributed by atoms with Crippen molar-refractivity contribution in [3.63, 3.8) is 0 Å². The summed E-state index contributed by atoms with van der Waals surface area (Å²) < 4.78 is 4.96. The number of hydrogen-bond donors (Lipinski definition) is 2. The number of benzene rings is 2. The topological polar surface area (TPSA) is 73.9 Å². The Morgan fingerprint density at radius 2 is 1.67 bits per heavy atom. The van der Waals surface area contributed by atoms with Crippen LogP contribution in [0.3, 0.4) is 0 Å². The van der Waals surface area contributed by atoms with Gasteiger partial charge in [0.1, 0.15) is 0 Å². The van der Waals surface area contributed by atoms with Crippen LogP contribution < -0.4 is 15.5 Å². The maximum absolute atomic E-state index is 12.2. The molecule has 2 aromatic carbocycles. The second-order valence-electron chi connectivity index (χ2n) is 7.34. The first kappa shape index (κ1) is 21.6. The van der Waals surface area contributed by atoms with Crippen LogP contribution in [0.15, 0.2) is 54.6 Å². The van der Waals surface area contributed by atoms with E-state index in [4.69, 9.17) is 4.74 Å². The average molecular weight is 411 g/mol. The number of ether oxygens (including phenoxy) is 1. The summed E-state index contributed by atoms with van der Waals surface area (Å²) in [7, 11) is 0. The Labute approximate surface area is 178 Å². The lowest BCUT2D eigenvalue weighted by Crippen LogP contribution is -2.52. The summed E-state index contributed by atoms with van der Waals surface area (Å²) in [5.74, 6) is -0.366. The molecule has 7 nitrogen and oxygen atoms in total. The van der Waals surface area contributed by atoms with Crippen LogP contribution in [0, 0.1) is 0 Å². The van der Waals surface area contributed by atoms with Crippen molar-refractivity contribution in [2.75, 3.05) is 49.5 Å². The number of carbonyl (C=O) groups is 2. The zero-order valence-electron chi connectivity index (χ0n) is 17.6. The van der Waals surface area contributed by atoms with Crippen LogP contribution in [0.1, 0.15) is 24.2 Å². The Kier molecular flexibility index (Phi) is 7.68. The van der Waals surface area contributed by atoms with E-state index in [0.717, 1.165) is 26.2 Å². The summed E-state index contributed by atoms with van der Waals surface area (Å²) in [6.07, 6.45) is 0. The van der Waals surface area contributed by atoms with Gasteiger partial charge in [-0.3, -0.25) is 4.90 Å². The van der Waals surface area contributed by atoms with Crippen molar-refractivity contribution in [2.24, 2.45) is 0 Å². The molecular weight excluding hydrogens is 380 g/mol. The molecule has 3 rings (SSSR count). The highest BCUT2D eigenvalue weighted by Crippen LogP contribution is 2.16. The molecule has 0 saturated carbocycles. The van der Waals surface area contributed by atoms with Gasteiger partial charge < -0.3 is 20.3 Å². The third-order valence-corrected chi connectivity index (χ3v) is 5.27. The zero-order chi connectivity index (χ0) is 21.3. The molecule has 0 aliphatic carbocycles. The minimum Gasteiger partial charge on any atom is -0.462 e. The minimum absolute atomic E-state index is 0.250. The van der Waals surface area contributed by atoms with Crippen LogP contribution in [0.5, 0.6) is 0 Å². The summed E-state index contributed by atoms with van der Waals surface area (Å²) in [4.78, 5) is 28.7. The van der Waals surface area contributed by atoms with Crippen molar-refractivity contribution in [1.29, 1.82) is 0 Å². The predicted molar refractivity (Wildman–Crippen MR) is 119 cm³/mol. The molecule has 7 heteroatoms. The number of hydrogen-bond acceptors (Lipinski definition) is 5. The van der Waals surface area contributed by atoms with Gasteiger partial charge in [-0.05, 0) is 50.2 Å². The van der Waals surface area contributed by atoms with E-state index in [1.165, 1.54) is 5.69 Å². The van der Waals surface area contributed by atoms with Crippen LogP contribution in [0.25, 0.3) is 0 Å². The molecule has 0 radical (unpaired) electrons. The number of anilines is 2. The highest BCUT2D eigenvalue weighted by molar-refractivity contribution is 5.92. The molecule has 1 heterocycles. The normalized spacial score (nSPS) is 15.3. The maximum Gasteiger partial charge on any atom is 0.338 e. The number of carbonyl (C=O) groups excluding carboxylic acids is 2. The highest BCUT2D eigenvalue weighted by atomic mass is 16.5. The van der Waals surface area contributed by atoms with E-state index in [2.05, 4.69) is 51.6 Å². The molecule has 1 unspecified atom stereocenters. The third kappa shape index (κ3) is 5.97. The van der Waals surface area contributed by atoms with Crippen molar-refractivity contribution >= 4 is 23.4 Å². The Morgan fingerprint density at radius 3 is 2.30 bits per heavy atom. The first-order valence-electron chi connectivity index (χ1n) is 10.4. The van der Waals surface area contributed by atoms with E-state index in [1.54, 1.807) is 31.2 Å². The lowest BCUT2D eigenvalue weighted by Gasteiger charge is -2.39. The monoisotopic (exact) mass is 410 g/mol. The van der Waals surface area contributed by atoms with Crippen molar-refractivity contribution in [3.8, 4) is 0 Å². The quantitative estimate of drug-likeness (QED) is 0.686. The number of nitrogens with one attached hydrogen (secondary N) is 2. The fourth-order valence-electron chi connectivity index (χ4n) is 3.51. The molecule has 2 amide bonds. The van der Waals surface area contributed by atoms with E-state index in [9.17, 15) is 9.59 Å². The molecule has 1 aliphatic heterocycles. The number of amides is 2. The number of piperazine rings is 1. The SMILES string of the molecule is CCOC(=O)c1ccc(NC(=O)NCC(C)N2CCN(c3ccccc3)CC2)cc1. The predicted octanol–water partition coefficient (Wildman–Crippen LogP) is 3.20. The van der Waals surface area contributed by atoms with Crippen LogP contribution in [0.2, 0.25) is 0 Å². The zero-order valence-corrected chi connectivity index (χ0v) is 17.6. The first-order valence-corrected chi connectivity index (χ1v) is 10.4. The fourth-order valence-corrected chi connectivity index (χ4v) is 3.51. The summed E-state index contributed by atoms with van der Waals surface area (Å²) in [6, 6.07) is 17.1. The van der Waals surface area contributed by atoms with Crippen LogP contribution >= 0.6 is 0 Å². The van der Waals surface area contributed by atoms with E-state index in [1.807, 2.05) is 6.07 Å². The van der Waals surface area contributed by atoms with E-state index in [-0.39, 0.29) is 18.0 Å². The van der Waals surface area contributed by atoms with Gasteiger partial charge in [-0.1, -0.05) is 18.2 Å². The molecule has 1 fully saturated rings. The Bertz CT molecular complexity index is 818. The van der Waals surface area contributed by atoms with Crippen LogP contribution in [-0.4, -0.2) is 62.3 Å². The second kappa shape index (κ2) is 10.6. The molecular formula is C23H30N4O3. The molecule has 2 aromatic rings. The summed E-state index contributed by atoms with van der Waals surface area (Å²) in [6.45, 7) is 8.69. The van der Waals surface area contributed by atoms with E-state index >= 15 is 0 Å². The number of nitrogens with zero attached hydrogens (tertiary/aromatic N) is 2. The molecule has 2 N–H and O–H groups in total. The summed E-state index contributed by atoms with van der Waals surface area (Å²) in [5, 5.41) is 5.73. The van der Waals surface area contributed by atoms with E-state index < -0.39 is 0 Å². The van der Waals surface area contributed by atoms with Gasteiger partial charge in [0.25, 0.3) is 0 Å². The van der Waals surface area contributed by atoms with Crippen LogP contribution in [-0.2, 0) is 4.74 Å². The van der Waals surface area contributed by atoms with Crippen molar-refractivity contribution in [3.05, 3.63) is 60.2 Å². The molecule has 0 spiro atoms. The van der Waals surface area contributed by atoms with Gasteiger partial charge in [0.15, 0.2) is 0 Å². The lowest BCUT2D eigenvalue weighted by molar-refractivity contribution is 0.0526. The van der Waals surface area contributed by atoms with Crippen molar-refractivity contribution in [1.82, 2.24) is 10.2 Å². The highest BCUT2D eigenvalue weighted by Gasteiger charge is 2.21. The molecule has 0 bridgehead atoms. The Morgan fingerprint density at radius 1 is 1.00 bits per heavy atom. The van der Waals surface area contributed by atoms with E-state index in [0.29, 0.717) is 24.4 Å². The molecule has 1 saturated heterocycles. The second-order valence-corrected chi connectivity index (χ2v) is 7.34. The molecule has 1 aliphatic rings. The smallest absolute Gasteiger partial charge is 0.338 e. The number of rotatable bonds is 7. The largest absolute Gasteiger partial charge is 0.462 e. The molecule has 1 atom stereocenters. The number of esters is 1. The van der Waals surface area contributed by atoms with Gasteiger partial charge in [0.05, 0.1) is 12.2 Å². The molecule has 30 heavy (non-hydrogen) atoms. The average Bonchev–Trinajstić information content (AvgIpc) is 2.79. The van der Waals surface area contributed by atoms with Gasteiger partial charge in [-0.2, -0.15) is 0 Å². The van der Waals surface area contributed by atoms with Gasteiger partial charge >= 0.3 is 12.0 Å². The number of urea groups is 1. The van der Waals surface area contributed by atoms with Gasteiger partial charge in [-0.25, -0.2) is 9.59 Å². The minimum atomic E-state index is -0.366. The molecule has 160 valence electrons. The fraction of sp³-hybridized carbons (Fsp3) is 0.391.